The molecule has 3 heteroatoms. The maximum absolute atomic E-state index is 12.5. The quantitative estimate of drug-likeness (QED) is 0.653. The monoisotopic (exact) mass is 245 g/mol. The maximum Gasteiger partial charge on any atom is 0.194 e. The van der Waals surface area contributed by atoms with Gasteiger partial charge in [0.2, 0.25) is 0 Å². The highest BCUT2D eigenvalue weighted by molar-refractivity contribution is 6.13. The molecule has 0 saturated heterocycles. The van der Waals surface area contributed by atoms with Crippen LogP contribution in [-0.2, 0) is 0 Å². The molecular formula is C15H19NO2. The van der Waals surface area contributed by atoms with Crippen molar-refractivity contribution in [2.24, 2.45) is 0 Å². The molecule has 1 aliphatic carbocycles. The molecule has 1 aromatic carbocycles. The molecule has 0 fully saturated rings. The Balaban J connectivity index is 2.36. The average Bonchev–Trinajstić information content (AvgIpc) is 2.40. The molecule has 18 heavy (non-hydrogen) atoms. The Morgan fingerprint density at radius 2 is 2.22 bits per heavy atom. The number of ether oxygens (including phenoxy) is 1. The highest BCUT2D eigenvalue weighted by Crippen LogP contribution is 2.30. The van der Waals surface area contributed by atoms with Crippen molar-refractivity contribution in [2.45, 2.75) is 32.6 Å². The first-order chi connectivity index (χ1) is 8.74. The second-order valence-corrected chi connectivity index (χ2v) is 4.46. The summed E-state index contributed by atoms with van der Waals surface area (Å²) >= 11 is 0. The smallest absolute Gasteiger partial charge is 0.194 e. The molecule has 0 unspecified atom stereocenters. The third kappa shape index (κ3) is 2.55. The first kappa shape index (κ1) is 12.7. The first-order valence-electron chi connectivity index (χ1n) is 6.49. The van der Waals surface area contributed by atoms with E-state index in [1.807, 2.05) is 19.1 Å². The van der Waals surface area contributed by atoms with Crippen molar-refractivity contribution in [3.05, 3.63) is 35.4 Å². The summed E-state index contributed by atoms with van der Waals surface area (Å²) in [6, 6.07) is 5.36. The van der Waals surface area contributed by atoms with E-state index in [2.05, 4.69) is 0 Å². The largest absolute Gasteiger partial charge is 0.493 e. The first-order valence-corrected chi connectivity index (χ1v) is 6.49. The van der Waals surface area contributed by atoms with E-state index in [0.717, 1.165) is 24.8 Å². The van der Waals surface area contributed by atoms with E-state index in [9.17, 15) is 4.79 Å². The second-order valence-electron chi connectivity index (χ2n) is 4.46. The van der Waals surface area contributed by atoms with E-state index in [1.165, 1.54) is 6.42 Å². The summed E-state index contributed by atoms with van der Waals surface area (Å²) < 4.78 is 5.50. The number of nitrogens with two attached hydrogens (primary N) is 1. The molecule has 96 valence electrons. The molecule has 0 heterocycles. The molecule has 2 N–H and O–H groups in total. The molecule has 2 rings (SSSR count). The van der Waals surface area contributed by atoms with Crippen molar-refractivity contribution in [2.75, 3.05) is 12.3 Å². The number of Topliss-reactive ketones (excluding diaryl/α,β-unsaturated/α-hetero) is 1. The number of carbonyl (C=O) groups is 1. The summed E-state index contributed by atoms with van der Waals surface area (Å²) in [7, 11) is 0. The fraction of sp³-hybridized carbons (Fsp3) is 0.400. The molecule has 0 aliphatic heterocycles. The van der Waals surface area contributed by atoms with E-state index >= 15 is 0 Å². The van der Waals surface area contributed by atoms with Crippen molar-refractivity contribution < 1.29 is 9.53 Å². The molecule has 0 spiro atoms. The molecule has 0 amide bonds. The van der Waals surface area contributed by atoms with Gasteiger partial charge in [-0.1, -0.05) is 12.1 Å². The van der Waals surface area contributed by atoms with Crippen molar-refractivity contribution in [3.8, 4) is 5.75 Å². The number of nitrogen functional groups attached to an aromatic ring is 1. The summed E-state index contributed by atoms with van der Waals surface area (Å²) in [4.78, 5) is 12.5. The van der Waals surface area contributed by atoms with Crippen LogP contribution >= 0.6 is 0 Å². The van der Waals surface area contributed by atoms with E-state index in [1.54, 1.807) is 12.1 Å². The van der Waals surface area contributed by atoms with Crippen LogP contribution in [0.3, 0.4) is 0 Å². The molecule has 1 aliphatic rings. The van der Waals surface area contributed by atoms with Crippen LogP contribution in [0.1, 0.15) is 43.0 Å². The molecule has 0 saturated carbocycles. The van der Waals surface area contributed by atoms with Crippen LogP contribution in [0.2, 0.25) is 0 Å². The zero-order chi connectivity index (χ0) is 13.0. The third-order valence-corrected chi connectivity index (χ3v) is 3.17. The van der Waals surface area contributed by atoms with Crippen molar-refractivity contribution in [1.82, 2.24) is 0 Å². The lowest BCUT2D eigenvalue weighted by Crippen LogP contribution is -2.11. The summed E-state index contributed by atoms with van der Waals surface area (Å²) in [5.74, 6) is 0.616. The van der Waals surface area contributed by atoms with E-state index < -0.39 is 0 Å². The third-order valence-electron chi connectivity index (χ3n) is 3.17. The summed E-state index contributed by atoms with van der Waals surface area (Å²) in [5, 5.41) is 0. The number of hydrogen-bond donors (Lipinski definition) is 1. The summed E-state index contributed by atoms with van der Waals surface area (Å²) in [6.07, 6.45) is 6.11. The highest BCUT2D eigenvalue weighted by Gasteiger charge is 2.20. The Morgan fingerprint density at radius 1 is 1.39 bits per heavy atom. The Kier molecular flexibility index (Phi) is 4.03. The molecule has 0 aromatic heterocycles. The minimum Gasteiger partial charge on any atom is -0.493 e. The van der Waals surface area contributed by atoms with E-state index in [0.29, 0.717) is 23.6 Å². The van der Waals surface area contributed by atoms with Gasteiger partial charge >= 0.3 is 0 Å². The minimum atomic E-state index is 0.0243. The lowest BCUT2D eigenvalue weighted by atomic mass is 9.92. The van der Waals surface area contributed by atoms with Gasteiger partial charge in [0.15, 0.2) is 5.78 Å². The average molecular weight is 245 g/mol. The standard InChI is InChI=1S/C15H19NO2/c1-2-18-13-10-6-9-12(16)14(13)15(17)11-7-4-3-5-8-11/h6-7,9-10H,2-5,8,16H2,1H3. The van der Waals surface area contributed by atoms with Gasteiger partial charge in [-0.25, -0.2) is 0 Å². The Hall–Kier alpha value is -1.77. The van der Waals surface area contributed by atoms with Gasteiger partial charge in [0, 0.05) is 5.69 Å². The van der Waals surface area contributed by atoms with Gasteiger partial charge in [-0.05, 0) is 50.3 Å². The van der Waals surface area contributed by atoms with E-state index in [-0.39, 0.29) is 5.78 Å². The zero-order valence-electron chi connectivity index (χ0n) is 10.7. The van der Waals surface area contributed by atoms with Crippen LogP contribution in [-0.4, -0.2) is 12.4 Å². The zero-order valence-corrected chi connectivity index (χ0v) is 10.7. The van der Waals surface area contributed by atoms with Crippen LogP contribution in [0.25, 0.3) is 0 Å². The molecule has 0 atom stereocenters. The Bertz CT molecular complexity index is 477. The molecule has 1 aromatic rings. The molecular weight excluding hydrogens is 226 g/mol. The van der Waals surface area contributed by atoms with Gasteiger partial charge < -0.3 is 10.5 Å². The van der Waals surface area contributed by atoms with Crippen LogP contribution in [0, 0.1) is 0 Å². The van der Waals surface area contributed by atoms with Gasteiger partial charge in [-0.3, -0.25) is 4.79 Å². The predicted molar refractivity (Wildman–Crippen MR) is 72.9 cm³/mol. The Morgan fingerprint density at radius 3 is 2.89 bits per heavy atom. The van der Waals surface area contributed by atoms with Crippen molar-refractivity contribution in [3.63, 3.8) is 0 Å². The summed E-state index contributed by atoms with van der Waals surface area (Å²) in [6.45, 7) is 2.43. The van der Waals surface area contributed by atoms with Crippen molar-refractivity contribution in [1.29, 1.82) is 0 Å². The number of carbonyl (C=O) groups excluding carboxylic acids is 1. The lowest BCUT2D eigenvalue weighted by Gasteiger charge is -2.15. The fourth-order valence-electron chi connectivity index (χ4n) is 2.27. The second kappa shape index (κ2) is 5.71. The van der Waals surface area contributed by atoms with E-state index in [4.69, 9.17) is 10.5 Å². The molecule has 3 nitrogen and oxygen atoms in total. The normalized spacial score (nSPS) is 15.1. The maximum atomic E-state index is 12.5. The number of rotatable bonds is 4. The molecule has 0 bridgehead atoms. The van der Waals surface area contributed by atoms with Gasteiger partial charge in [0.05, 0.1) is 12.2 Å². The highest BCUT2D eigenvalue weighted by atomic mass is 16.5. The van der Waals surface area contributed by atoms with Gasteiger partial charge in [0.25, 0.3) is 0 Å². The van der Waals surface area contributed by atoms with Crippen LogP contribution in [0.4, 0.5) is 5.69 Å². The lowest BCUT2D eigenvalue weighted by molar-refractivity contribution is 0.102. The minimum absolute atomic E-state index is 0.0243. The number of hydrogen-bond acceptors (Lipinski definition) is 3. The topological polar surface area (TPSA) is 52.3 Å². The number of ketones is 1. The van der Waals surface area contributed by atoms with Crippen LogP contribution < -0.4 is 10.5 Å². The predicted octanol–water partition coefficient (Wildman–Crippen LogP) is 3.35. The number of anilines is 1. The Labute approximate surface area is 108 Å². The van der Waals surface area contributed by atoms with Crippen LogP contribution in [0.5, 0.6) is 5.75 Å². The van der Waals surface area contributed by atoms with Crippen molar-refractivity contribution >= 4 is 11.5 Å². The SMILES string of the molecule is CCOc1cccc(N)c1C(=O)C1=CCCCC1. The molecule has 0 radical (unpaired) electrons. The van der Waals surface area contributed by atoms with Gasteiger partial charge in [-0.2, -0.15) is 0 Å². The summed E-state index contributed by atoms with van der Waals surface area (Å²) in [5.41, 5.74) is 7.82. The van der Waals surface area contributed by atoms with Gasteiger partial charge in [0.1, 0.15) is 5.75 Å². The van der Waals surface area contributed by atoms with Gasteiger partial charge in [-0.15, -0.1) is 0 Å². The number of benzene rings is 1. The fourth-order valence-corrected chi connectivity index (χ4v) is 2.27. The van der Waals surface area contributed by atoms with Crippen LogP contribution in [0.15, 0.2) is 29.8 Å². The number of allylic oxidation sites excluding steroid dienone is 2.